The van der Waals surface area contributed by atoms with Crippen LogP contribution in [0.3, 0.4) is 0 Å². The van der Waals surface area contributed by atoms with Crippen LogP contribution in [-0.2, 0) is 12.8 Å². The number of rotatable bonds is 5. The van der Waals surface area contributed by atoms with Crippen molar-refractivity contribution in [2.45, 2.75) is 69.1 Å². The number of nitrogens with two attached hydrogens (primary N) is 1. The van der Waals surface area contributed by atoms with E-state index >= 15 is 0 Å². The molecule has 3 aliphatic carbocycles. The Morgan fingerprint density at radius 1 is 0.619 bits per heavy atom. The summed E-state index contributed by atoms with van der Waals surface area (Å²) in [5, 5.41) is 2.23. The van der Waals surface area contributed by atoms with Crippen LogP contribution in [0.5, 0.6) is 0 Å². The first-order valence-corrected chi connectivity index (χ1v) is 15.8. The van der Waals surface area contributed by atoms with Crippen molar-refractivity contribution >= 4 is 16.7 Å². The maximum absolute atomic E-state index is 13.7. The zero-order valence-corrected chi connectivity index (χ0v) is 24.3. The minimum Gasteiger partial charge on any atom is -0.366 e. The number of hydrogen-bond acceptors (Lipinski definition) is 1. The Labute approximate surface area is 248 Å². The van der Waals surface area contributed by atoms with Gasteiger partial charge < -0.3 is 5.73 Å². The van der Waals surface area contributed by atoms with E-state index in [1.165, 1.54) is 55.5 Å². The van der Waals surface area contributed by atoms with Crippen LogP contribution in [0.2, 0.25) is 0 Å². The van der Waals surface area contributed by atoms with E-state index in [1.54, 1.807) is 0 Å². The molecule has 0 saturated heterocycles. The predicted molar refractivity (Wildman–Crippen MR) is 172 cm³/mol. The normalized spacial score (nSPS) is 22.2. The van der Waals surface area contributed by atoms with Gasteiger partial charge in [-0.15, -0.1) is 0 Å². The Kier molecular flexibility index (Phi) is 6.07. The summed E-state index contributed by atoms with van der Waals surface area (Å²) in [7, 11) is 0. The van der Waals surface area contributed by atoms with Crippen molar-refractivity contribution in [1.82, 2.24) is 0 Å². The summed E-state index contributed by atoms with van der Waals surface area (Å²) in [6, 6.07) is 35.6. The number of carbonyl (C=O) groups is 1. The molecule has 0 aliphatic heterocycles. The topological polar surface area (TPSA) is 43.1 Å². The fraction of sp³-hybridized carbons (Fsp3) is 0.275. The van der Waals surface area contributed by atoms with Gasteiger partial charge in [0.2, 0.25) is 5.91 Å². The van der Waals surface area contributed by atoms with Gasteiger partial charge in [-0.2, -0.15) is 0 Å². The van der Waals surface area contributed by atoms with E-state index < -0.39 is 0 Å². The molecule has 0 aromatic heterocycles. The summed E-state index contributed by atoms with van der Waals surface area (Å²) in [4.78, 5) is 13.7. The molecule has 0 fully saturated rings. The lowest BCUT2D eigenvalue weighted by Crippen LogP contribution is -2.22. The van der Waals surface area contributed by atoms with E-state index in [9.17, 15) is 4.79 Å². The van der Waals surface area contributed by atoms with Crippen LogP contribution in [0.4, 0.5) is 0 Å². The van der Waals surface area contributed by atoms with Crippen molar-refractivity contribution in [1.29, 1.82) is 0 Å². The number of primary amides is 1. The molecule has 3 unspecified atom stereocenters. The van der Waals surface area contributed by atoms with Crippen LogP contribution in [-0.4, -0.2) is 5.91 Å². The summed E-state index contributed by atoms with van der Waals surface area (Å²) >= 11 is 0. The number of fused-ring (bicyclic) bond motifs is 4. The van der Waals surface area contributed by atoms with Gasteiger partial charge in [0.25, 0.3) is 0 Å². The zero-order valence-electron chi connectivity index (χ0n) is 24.3. The molecule has 2 nitrogen and oxygen atoms in total. The van der Waals surface area contributed by atoms with Crippen molar-refractivity contribution in [3.8, 4) is 0 Å². The van der Waals surface area contributed by atoms with Gasteiger partial charge in [-0.3, -0.25) is 4.79 Å². The van der Waals surface area contributed by atoms with Gasteiger partial charge in [-0.25, -0.2) is 0 Å². The highest BCUT2D eigenvalue weighted by Gasteiger charge is 2.41. The molecule has 0 heterocycles. The second-order valence-electron chi connectivity index (χ2n) is 12.6. The van der Waals surface area contributed by atoms with Crippen LogP contribution >= 0.6 is 0 Å². The van der Waals surface area contributed by atoms with E-state index in [1.807, 2.05) is 0 Å². The van der Waals surface area contributed by atoms with Crippen molar-refractivity contribution in [3.05, 3.63) is 153 Å². The van der Waals surface area contributed by atoms with Crippen LogP contribution in [0.25, 0.3) is 10.8 Å². The zero-order chi connectivity index (χ0) is 28.4. The molecular formula is C40H37NO. The standard InChI is InChI=1S/C40H37NO/c1-2-24-23-35(30-16-8-7-13-27(24)30)36-31-17-9-10-18-32(31)39(40(41)42)38(34-22-20-26-12-4-6-15-29(26)34)37(36)33-21-19-25-11-3-5-14-28(25)33/h3-18,24,33-35H,2,19-23H2,1H3,(H2,41,42)/t24?,33-,34?,35?/m0/s1. The Balaban J connectivity index is 1.52. The smallest absolute Gasteiger partial charge is 0.249 e. The lowest BCUT2D eigenvalue weighted by Gasteiger charge is -2.31. The van der Waals surface area contributed by atoms with Gasteiger partial charge in [0, 0.05) is 17.8 Å². The van der Waals surface area contributed by atoms with Crippen LogP contribution < -0.4 is 5.73 Å². The van der Waals surface area contributed by atoms with Crippen molar-refractivity contribution < 1.29 is 4.79 Å². The molecular weight excluding hydrogens is 510 g/mol. The van der Waals surface area contributed by atoms with E-state index in [2.05, 4.69) is 104 Å². The van der Waals surface area contributed by atoms with Crippen molar-refractivity contribution in [2.24, 2.45) is 5.73 Å². The molecule has 4 atom stereocenters. The van der Waals surface area contributed by atoms with Gasteiger partial charge in [0.1, 0.15) is 0 Å². The Bertz CT molecular complexity index is 1870. The molecule has 8 rings (SSSR count). The number of carbonyl (C=O) groups excluding carboxylic acids is 1. The molecule has 5 aromatic carbocycles. The third kappa shape index (κ3) is 3.74. The fourth-order valence-corrected chi connectivity index (χ4v) is 9.00. The quantitative estimate of drug-likeness (QED) is 0.234. The highest BCUT2D eigenvalue weighted by atomic mass is 16.1. The summed E-state index contributed by atoms with van der Waals surface area (Å²) in [6.07, 6.45) is 6.42. The summed E-state index contributed by atoms with van der Waals surface area (Å²) in [6.45, 7) is 2.33. The van der Waals surface area contributed by atoms with Gasteiger partial charge in [-0.05, 0) is 105 Å². The lowest BCUT2D eigenvalue weighted by molar-refractivity contribution is 0.100. The summed E-state index contributed by atoms with van der Waals surface area (Å²) in [5.74, 6) is 0.933. The number of hydrogen-bond donors (Lipinski definition) is 1. The van der Waals surface area contributed by atoms with Crippen LogP contribution in [0.1, 0.15) is 117 Å². The third-order valence-corrected chi connectivity index (χ3v) is 10.7. The van der Waals surface area contributed by atoms with Gasteiger partial charge >= 0.3 is 0 Å². The molecule has 0 radical (unpaired) electrons. The molecule has 2 heteroatoms. The van der Waals surface area contributed by atoms with Crippen LogP contribution in [0, 0.1) is 0 Å². The minimum atomic E-state index is -0.303. The molecule has 1 amide bonds. The highest BCUT2D eigenvalue weighted by Crippen LogP contribution is 2.56. The van der Waals surface area contributed by atoms with Crippen LogP contribution in [0.15, 0.2) is 97.1 Å². The maximum atomic E-state index is 13.7. The largest absolute Gasteiger partial charge is 0.366 e. The molecule has 0 spiro atoms. The first-order chi connectivity index (χ1) is 20.7. The number of aryl methyl sites for hydroxylation is 2. The summed E-state index contributed by atoms with van der Waals surface area (Å²) in [5.41, 5.74) is 19.8. The fourth-order valence-electron chi connectivity index (χ4n) is 9.00. The Morgan fingerprint density at radius 3 is 1.76 bits per heavy atom. The van der Waals surface area contributed by atoms with Crippen molar-refractivity contribution in [3.63, 3.8) is 0 Å². The molecule has 5 aromatic rings. The van der Waals surface area contributed by atoms with E-state index in [0.717, 1.165) is 49.5 Å². The van der Waals surface area contributed by atoms with Gasteiger partial charge in [0.05, 0.1) is 5.56 Å². The molecule has 208 valence electrons. The molecule has 2 N–H and O–H groups in total. The van der Waals surface area contributed by atoms with E-state index in [-0.39, 0.29) is 23.7 Å². The molecule has 0 bridgehead atoms. The van der Waals surface area contributed by atoms with E-state index in [0.29, 0.717) is 5.92 Å². The molecule has 3 aliphatic rings. The average molecular weight is 548 g/mol. The Hall–Kier alpha value is -4.17. The van der Waals surface area contributed by atoms with E-state index in [4.69, 9.17) is 5.73 Å². The minimum absolute atomic E-state index is 0.161. The second-order valence-corrected chi connectivity index (χ2v) is 12.6. The SMILES string of the molecule is CCC1CC(c2c([C@H]3CCc4ccccc43)c(C3CCc4ccccc43)c(C(N)=O)c3ccccc23)c2ccccc21. The monoisotopic (exact) mass is 547 g/mol. The van der Waals surface area contributed by atoms with Gasteiger partial charge in [-0.1, -0.05) is 104 Å². The summed E-state index contributed by atoms with van der Waals surface area (Å²) < 4.78 is 0. The number of benzene rings is 5. The first kappa shape index (κ1) is 25.5. The maximum Gasteiger partial charge on any atom is 0.249 e. The van der Waals surface area contributed by atoms with Crippen molar-refractivity contribution in [2.75, 3.05) is 0 Å². The second kappa shape index (κ2) is 9.98. The van der Waals surface area contributed by atoms with Gasteiger partial charge in [0.15, 0.2) is 0 Å². The number of amides is 1. The first-order valence-electron chi connectivity index (χ1n) is 15.8. The third-order valence-electron chi connectivity index (χ3n) is 10.7. The molecule has 42 heavy (non-hydrogen) atoms. The molecule has 0 saturated carbocycles. The lowest BCUT2D eigenvalue weighted by atomic mass is 9.71. The Morgan fingerprint density at radius 2 is 1.14 bits per heavy atom. The predicted octanol–water partition coefficient (Wildman–Crippen LogP) is 9.12. The average Bonchev–Trinajstić information content (AvgIpc) is 3.75. The highest BCUT2D eigenvalue weighted by molar-refractivity contribution is 6.10.